The molecule has 21 heavy (non-hydrogen) atoms. The first-order chi connectivity index (χ1) is 9.95. The predicted octanol–water partition coefficient (Wildman–Crippen LogP) is 3.13. The minimum Gasteiger partial charge on any atom is -0.328 e. The highest BCUT2D eigenvalue weighted by Gasteiger charge is 2.23. The van der Waals surface area contributed by atoms with E-state index in [1.165, 1.54) is 0 Å². The van der Waals surface area contributed by atoms with Crippen molar-refractivity contribution in [3.05, 3.63) is 28.2 Å². The minimum atomic E-state index is -0.0544. The van der Waals surface area contributed by atoms with Crippen LogP contribution in [0.2, 0.25) is 10.0 Å². The van der Waals surface area contributed by atoms with Crippen LogP contribution in [0, 0.1) is 0 Å². The van der Waals surface area contributed by atoms with E-state index >= 15 is 0 Å². The molecular weight excluding hydrogens is 309 g/mol. The van der Waals surface area contributed by atoms with Gasteiger partial charge in [0.15, 0.2) is 0 Å². The van der Waals surface area contributed by atoms with Crippen molar-refractivity contribution in [3.8, 4) is 0 Å². The van der Waals surface area contributed by atoms with Crippen LogP contribution in [-0.4, -0.2) is 36.0 Å². The lowest BCUT2D eigenvalue weighted by molar-refractivity contribution is -0.116. The van der Waals surface area contributed by atoms with Crippen LogP contribution in [0.4, 0.5) is 5.69 Å². The average molecular weight is 330 g/mol. The van der Waals surface area contributed by atoms with Crippen molar-refractivity contribution in [1.29, 1.82) is 0 Å². The SMILES string of the molecule is CC1CC(N)CCN1CCC(=O)Nc1cc(Cl)ccc1Cl. The fraction of sp³-hybridized carbons (Fsp3) is 0.533. The molecule has 1 aliphatic rings. The van der Waals surface area contributed by atoms with Gasteiger partial charge >= 0.3 is 0 Å². The molecular formula is C15H21Cl2N3O. The van der Waals surface area contributed by atoms with Crippen LogP contribution in [0.5, 0.6) is 0 Å². The summed E-state index contributed by atoms with van der Waals surface area (Å²) in [5, 5.41) is 3.85. The van der Waals surface area contributed by atoms with Crippen molar-refractivity contribution in [2.45, 2.75) is 38.3 Å². The average Bonchev–Trinajstić information content (AvgIpc) is 2.42. The molecule has 1 aromatic carbocycles. The zero-order valence-electron chi connectivity index (χ0n) is 12.1. The molecule has 116 valence electrons. The van der Waals surface area contributed by atoms with Crippen molar-refractivity contribution in [3.63, 3.8) is 0 Å². The second-order valence-electron chi connectivity index (χ2n) is 5.59. The molecule has 0 radical (unpaired) electrons. The van der Waals surface area contributed by atoms with Gasteiger partial charge in [-0.1, -0.05) is 23.2 Å². The van der Waals surface area contributed by atoms with Gasteiger partial charge in [0.2, 0.25) is 5.91 Å². The van der Waals surface area contributed by atoms with E-state index in [1.807, 2.05) is 0 Å². The Labute approximate surface area is 135 Å². The molecule has 1 aromatic rings. The van der Waals surface area contributed by atoms with E-state index in [4.69, 9.17) is 28.9 Å². The van der Waals surface area contributed by atoms with E-state index in [1.54, 1.807) is 18.2 Å². The summed E-state index contributed by atoms with van der Waals surface area (Å²) in [7, 11) is 0. The number of carbonyl (C=O) groups excluding carboxylic acids is 1. The van der Waals surface area contributed by atoms with Crippen LogP contribution in [-0.2, 0) is 4.79 Å². The second kappa shape index (κ2) is 7.45. The molecule has 0 spiro atoms. The van der Waals surface area contributed by atoms with Gasteiger partial charge in [-0.3, -0.25) is 4.79 Å². The molecule has 0 saturated carbocycles. The van der Waals surface area contributed by atoms with Crippen LogP contribution < -0.4 is 11.1 Å². The fourth-order valence-corrected chi connectivity index (χ4v) is 2.98. The number of nitrogens with two attached hydrogens (primary N) is 1. The van der Waals surface area contributed by atoms with E-state index < -0.39 is 0 Å². The van der Waals surface area contributed by atoms with Crippen LogP contribution in [0.15, 0.2) is 18.2 Å². The molecule has 1 fully saturated rings. The minimum absolute atomic E-state index is 0.0544. The molecule has 1 heterocycles. The lowest BCUT2D eigenvalue weighted by Crippen LogP contribution is -2.46. The topological polar surface area (TPSA) is 58.4 Å². The molecule has 2 rings (SSSR count). The summed E-state index contributed by atoms with van der Waals surface area (Å²) in [6.07, 6.45) is 2.41. The summed E-state index contributed by atoms with van der Waals surface area (Å²) in [5.74, 6) is -0.0544. The van der Waals surface area contributed by atoms with Crippen molar-refractivity contribution in [1.82, 2.24) is 4.90 Å². The first kappa shape index (κ1) is 16.6. The predicted molar refractivity (Wildman–Crippen MR) is 88.0 cm³/mol. The maximum Gasteiger partial charge on any atom is 0.225 e. The Morgan fingerprint density at radius 3 is 2.95 bits per heavy atom. The summed E-state index contributed by atoms with van der Waals surface area (Å²) in [6, 6.07) is 5.74. The number of likely N-dealkylation sites (tertiary alicyclic amines) is 1. The summed E-state index contributed by atoms with van der Waals surface area (Å²) in [5.41, 5.74) is 6.50. The van der Waals surface area contributed by atoms with Crippen LogP contribution in [0.3, 0.4) is 0 Å². The molecule has 0 aromatic heterocycles. The van der Waals surface area contributed by atoms with Crippen LogP contribution in [0.1, 0.15) is 26.2 Å². The molecule has 0 bridgehead atoms. The number of nitrogens with one attached hydrogen (secondary N) is 1. The molecule has 2 unspecified atom stereocenters. The number of halogens is 2. The standard InChI is InChI=1S/C15H21Cl2N3O/c1-10-8-12(18)4-6-20(10)7-5-15(21)19-14-9-11(16)2-3-13(14)17/h2-3,9-10,12H,4-8,18H2,1H3,(H,19,21). The summed E-state index contributed by atoms with van der Waals surface area (Å²) in [6.45, 7) is 3.84. The third-order valence-corrected chi connectivity index (χ3v) is 4.45. The Balaban J connectivity index is 1.83. The van der Waals surface area contributed by atoms with Gasteiger partial charge in [-0.2, -0.15) is 0 Å². The lowest BCUT2D eigenvalue weighted by Gasteiger charge is -2.36. The van der Waals surface area contributed by atoms with Gasteiger partial charge in [0.25, 0.3) is 0 Å². The molecule has 1 aliphatic heterocycles. The second-order valence-corrected chi connectivity index (χ2v) is 6.44. The number of rotatable bonds is 4. The van der Waals surface area contributed by atoms with E-state index in [0.717, 1.165) is 25.9 Å². The van der Waals surface area contributed by atoms with E-state index in [0.29, 0.717) is 28.2 Å². The first-order valence-electron chi connectivity index (χ1n) is 7.20. The normalized spacial score (nSPS) is 23.0. The maximum atomic E-state index is 12.0. The molecule has 1 saturated heterocycles. The summed E-state index contributed by atoms with van der Waals surface area (Å²) in [4.78, 5) is 14.3. The van der Waals surface area contributed by atoms with E-state index in [9.17, 15) is 4.79 Å². The van der Waals surface area contributed by atoms with E-state index in [-0.39, 0.29) is 11.9 Å². The third kappa shape index (κ3) is 4.85. The molecule has 1 amide bonds. The van der Waals surface area contributed by atoms with Crippen molar-refractivity contribution in [2.75, 3.05) is 18.4 Å². The molecule has 2 atom stereocenters. The highest BCUT2D eigenvalue weighted by Crippen LogP contribution is 2.25. The van der Waals surface area contributed by atoms with Gasteiger partial charge in [0.1, 0.15) is 0 Å². The van der Waals surface area contributed by atoms with E-state index in [2.05, 4.69) is 17.1 Å². The third-order valence-electron chi connectivity index (χ3n) is 3.88. The Bertz CT molecular complexity index is 510. The first-order valence-corrected chi connectivity index (χ1v) is 7.96. The highest BCUT2D eigenvalue weighted by atomic mass is 35.5. The number of amides is 1. The van der Waals surface area contributed by atoms with Gasteiger partial charge in [-0.05, 0) is 44.5 Å². The largest absolute Gasteiger partial charge is 0.328 e. The zero-order chi connectivity index (χ0) is 15.4. The lowest BCUT2D eigenvalue weighted by atomic mass is 9.99. The summed E-state index contributed by atoms with van der Waals surface area (Å²) >= 11 is 11.9. The van der Waals surface area contributed by atoms with Crippen LogP contribution >= 0.6 is 23.2 Å². The molecule has 0 aliphatic carbocycles. The van der Waals surface area contributed by atoms with Crippen molar-refractivity contribution < 1.29 is 4.79 Å². The van der Waals surface area contributed by atoms with Gasteiger partial charge in [-0.25, -0.2) is 0 Å². The maximum absolute atomic E-state index is 12.0. The number of nitrogens with zero attached hydrogens (tertiary/aromatic N) is 1. The number of benzene rings is 1. The monoisotopic (exact) mass is 329 g/mol. The Morgan fingerprint density at radius 2 is 2.24 bits per heavy atom. The Kier molecular flexibility index (Phi) is 5.88. The van der Waals surface area contributed by atoms with Crippen molar-refractivity contribution in [2.24, 2.45) is 5.73 Å². The number of piperidine rings is 1. The number of hydrogen-bond acceptors (Lipinski definition) is 3. The van der Waals surface area contributed by atoms with Crippen molar-refractivity contribution >= 4 is 34.8 Å². The highest BCUT2D eigenvalue weighted by molar-refractivity contribution is 6.35. The quantitative estimate of drug-likeness (QED) is 0.892. The molecule has 6 heteroatoms. The Hall–Kier alpha value is -0.810. The number of hydrogen-bond donors (Lipinski definition) is 2. The van der Waals surface area contributed by atoms with Gasteiger partial charge in [0.05, 0.1) is 10.7 Å². The molecule has 4 nitrogen and oxygen atoms in total. The number of anilines is 1. The van der Waals surface area contributed by atoms with Crippen LogP contribution in [0.25, 0.3) is 0 Å². The Morgan fingerprint density at radius 1 is 1.48 bits per heavy atom. The fourth-order valence-electron chi connectivity index (χ4n) is 2.64. The molecule has 3 N–H and O–H groups in total. The zero-order valence-corrected chi connectivity index (χ0v) is 13.6. The van der Waals surface area contributed by atoms with Gasteiger partial charge in [-0.15, -0.1) is 0 Å². The summed E-state index contributed by atoms with van der Waals surface area (Å²) < 4.78 is 0. The van der Waals surface area contributed by atoms with Gasteiger partial charge < -0.3 is 16.0 Å². The number of carbonyl (C=O) groups is 1. The van der Waals surface area contributed by atoms with Gasteiger partial charge in [0, 0.05) is 30.1 Å². The smallest absolute Gasteiger partial charge is 0.225 e.